The third kappa shape index (κ3) is 28.4. The largest absolute Gasteiger partial charge is 0.377 e. The van der Waals surface area contributed by atoms with Gasteiger partial charge in [-0.2, -0.15) is 0 Å². The molecule has 0 fully saturated rings. The first-order chi connectivity index (χ1) is 18.2. The fourth-order valence-corrected chi connectivity index (χ4v) is 3.01. The summed E-state index contributed by atoms with van der Waals surface area (Å²) in [7, 11) is 0. The topological polar surface area (TPSA) is 9.23 Å². The average Bonchev–Trinajstić information content (AvgIpc) is 2.93. The van der Waals surface area contributed by atoms with Gasteiger partial charge in [0.1, 0.15) is 0 Å². The third-order valence-corrected chi connectivity index (χ3v) is 4.69. The molecule has 3 aromatic rings. The van der Waals surface area contributed by atoms with E-state index < -0.39 is 0 Å². The Balaban J connectivity index is -0.000000213. The van der Waals surface area contributed by atoms with Gasteiger partial charge in [0, 0.05) is 6.61 Å². The van der Waals surface area contributed by atoms with Crippen molar-refractivity contribution in [2.24, 2.45) is 11.8 Å². The maximum absolute atomic E-state index is 5.48. The molecule has 0 aliphatic heterocycles. The number of hydrogen-bond acceptors (Lipinski definition) is 1. The second-order valence-electron chi connectivity index (χ2n) is 10.1. The first-order valence-electron chi connectivity index (χ1n) is 14.9. The van der Waals surface area contributed by atoms with Crippen molar-refractivity contribution in [3.05, 3.63) is 108 Å². The Morgan fingerprint density at radius 2 is 0.897 bits per heavy atom. The minimum atomic E-state index is 0. The molecule has 0 aliphatic rings. The average molecular weight is 539 g/mol. The van der Waals surface area contributed by atoms with E-state index >= 15 is 0 Å². The van der Waals surface area contributed by atoms with Crippen LogP contribution in [0.5, 0.6) is 0 Å². The first-order valence-corrected chi connectivity index (χ1v) is 14.9. The molecule has 0 saturated heterocycles. The van der Waals surface area contributed by atoms with Gasteiger partial charge in [0.2, 0.25) is 0 Å². The quantitative estimate of drug-likeness (QED) is 0.303. The van der Waals surface area contributed by atoms with E-state index in [0.717, 1.165) is 19.1 Å². The van der Waals surface area contributed by atoms with Crippen molar-refractivity contribution in [3.8, 4) is 0 Å². The molecular weight excluding hydrogens is 472 g/mol. The molecule has 0 heterocycles. The molecule has 3 rings (SSSR count). The summed E-state index contributed by atoms with van der Waals surface area (Å²) in [5, 5.41) is 0. The summed E-state index contributed by atoms with van der Waals surface area (Å²) < 4.78 is 5.48. The monoisotopic (exact) mass is 539 g/mol. The molecule has 0 aliphatic carbocycles. The number of benzene rings is 3. The number of ether oxygens (including phenoxy) is 1. The van der Waals surface area contributed by atoms with Gasteiger partial charge < -0.3 is 4.74 Å². The Bertz CT molecular complexity index is 800. The highest BCUT2D eigenvalue weighted by atomic mass is 16.5. The van der Waals surface area contributed by atoms with Gasteiger partial charge in [-0.3, -0.25) is 0 Å². The van der Waals surface area contributed by atoms with E-state index in [2.05, 4.69) is 121 Å². The molecular formula is C38H66O. The summed E-state index contributed by atoms with van der Waals surface area (Å²) in [6.45, 7) is 29.1. The summed E-state index contributed by atoms with van der Waals surface area (Å²) in [5.74, 6) is 1.39. The molecule has 1 nitrogen and oxygen atoms in total. The van der Waals surface area contributed by atoms with Gasteiger partial charge in [0.05, 0.1) is 6.61 Å². The maximum Gasteiger partial charge on any atom is 0.0717 e. The molecule has 1 heteroatoms. The molecule has 0 bridgehead atoms. The van der Waals surface area contributed by atoms with Crippen molar-refractivity contribution in [2.75, 3.05) is 6.61 Å². The van der Waals surface area contributed by atoms with E-state index in [0.29, 0.717) is 11.3 Å². The Labute approximate surface area is 246 Å². The van der Waals surface area contributed by atoms with E-state index in [9.17, 15) is 0 Å². The summed E-state index contributed by atoms with van der Waals surface area (Å²) >= 11 is 0. The van der Waals surface area contributed by atoms with Crippen molar-refractivity contribution in [1.82, 2.24) is 0 Å². The van der Waals surface area contributed by atoms with E-state index in [1.54, 1.807) is 0 Å². The lowest BCUT2D eigenvalue weighted by Crippen LogP contribution is -2.10. The normalized spacial score (nSPS) is 9.31. The first kappa shape index (κ1) is 43.7. The molecule has 3 aromatic carbocycles. The molecule has 0 radical (unpaired) electrons. The van der Waals surface area contributed by atoms with Crippen LogP contribution in [0.3, 0.4) is 0 Å². The highest BCUT2D eigenvalue weighted by molar-refractivity contribution is 5.22. The predicted molar refractivity (Wildman–Crippen MR) is 182 cm³/mol. The van der Waals surface area contributed by atoms with Gasteiger partial charge in [-0.05, 0) is 40.4 Å². The number of hydrogen-bond donors (Lipinski definition) is 0. The van der Waals surface area contributed by atoms with Crippen molar-refractivity contribution >= 4 is 0 Å². The fourth-order valence-electron chi connectivity index (χ4n) is 3.01. The summed E-state index contributed by atoms with van der Waals surface area (Å²) in [4.78, 5) is 0. The molecule has 0 unspecified atom stereocenters. The SMILES string of the molecule is C.CC.CC.CC.CC(C)(C)c1ccccc1.CC(C)COCc1ccccc1.CC(C)Cc1ccccc1. The highest BCUT2D eigenvalue weighted by Crippen LogP contribution is 2.20. The van der Waals surface area contributed by atoms with Gasteiger partial charge in [-0.1, -0.05) is 188 Å². The van der Waals surface area contributed by atoms with E-state index in [1.807, 2.05) is 59.7 Å². The van der Waals surface area contributed by atoms with Crippen molar-refractivity contribution in [3.63, 3.8) is 0 Å². The number of rotatable bonds is 6. The molecule has 224 valence electrons. The zero-order valence-corrected chi connectivity index (χ0v) is 27.3. The Morgan fingerprint density at radius 1 is 0.538 bits per heavy atom. The Hall–Kier alpha value is -2.38. The Morgan fingerprint density at radius 3 is 1.21 bits per heavy atom. The van der Waals surface area contributed by atoms with Crippen LogP contribution in [-0.2, 0) is 23.2 Å². The predicted octanol–water partition coefficient (Wildman–Crippen LogP) is 12.4. The maximum atomic E-state index is 5.48. The standard InChI is InChI=1S/C11H16O.2C10H14.3C2H6.CH4/c1-10(2)8-12-9-11-6-4-3-5-7-11;1-10(2,3)9-7-5-4-6-8-9;1-9(2)8-10-6-4-3-5-7-10;3*1-2;/h3-7,10H,8-9H2,1-2H3;4-8H,1-3H3;3-7,9H,8H2,1-2H3;3*1-2H3;1H4. The molecule has 0 saturated carbocycles. The lowest BCUT2D eigenvalue weighted by Gasteiger charge is -2.18. The summed E-state index contributed by atoms with van der Waals surface area (Å²) in [5.41, 5.74) is 4.38. The van der Waals surface area contributed by atoms with Gasteiger partial charge in [-0.15, -0.1) is 0 Å². The lowest BCUT2D eigenvalue weighted by atomic mass is 9.87. The summed E-state index contributed by atoms with van der Waals surface area (Å²) in [6.07, 6.45) is 1.20. The van der Waals surface area contributed by atoms with E-state index in [-0.39, 0.29) is 7.43 Å². The third-order valence-electron chi connectivity index (χ3n) is 4.69. The van der Waals surface area contributed by atoms with Gasteiger partial charge >= 0.3 is 0 Å². The smallest absolute Gasteiger partial charge is 0.0717 e. The van der Waals surface area contributed by atoms with Crippen LogP contribution in [0.1, 0.15) is 114 Å². The van der Waals surface area contributed by atoms with Crippen LogP contribution < -0.4 is 0 Å². The molecule has 0 spiro atoms. The van der Waals surface area contributed by atoms with Crippen LogP contribution in [0.25, 0.3) is 0 Å². The van der Waals surface area contributed by atoms with Crippen LogP contribution in [0.15, 0.2) is 91.0 Å². The van der Waals surface area contributed by atoms with Crippen LogP contribution in [0.4, 0.5) is 0 Å². The Kier molecular flexibility index (Phi) is 33.8. The minimum Gasteiger partial charge on any atom is -0.377 e. The van der Waals surface area contributed by atoms with Crippen molar-refractivity contribution in [1.29, 1.82) is 0 Å². The van der Waals surface area contributed by atoms with Crippen molar-refractivity contribution < 1.29 is 4.74 Å². The van der Waals surface area contributed by atoms with Gasteiger partial charge in [0.15, 0.2) is 0 Å². The van der Waals surface area contributed by atoms with E-state index in [1.165, 1.54) is 23.1 Å². The van der Waals surface area contributed by atoms with Crippen LogP contribution in [0, 0.1) is 11.8 Å². The van der Waals surface area contributed by atoms with Crippen molar-refractivity contribution in [2.45, 2.75) is 116 Å². The lowest BCUT2D eigenvalue weighted by molar-refractivity contribution is 0.0971. The molecule has 0 aromatic heterocycles. The zero-order chi connectivity index (χ0) is 29.8. The molecule has 0 atom stereocenters. The highest BCUT2D eigenvalue weighted by Gasteiger charge is 2.11. The van der Waals surface area contributed by atoms with Crippen LogP contribution in [-0.4, -0.2) is 6.61 Å². The zero-order valence-electron chi connectivity index (χ0n) is 27.3. The van der Waals surface area contributed by atoms with Gasteiger partial charge in [-0.25, -0.2) is 0 Å². The van der Waals surface area contributed by atoms with E-state index in [4.69, 9.17) is 4.74 Å². The second kappa shape index (κ2) is 30.2. The summed E-state index contributed by atoms with van der Waals surface area (Å²) in [6, 6.07) is 31.4. The minimum absolute atomic E-state index is 0. The van der Waals surface area contributed by atoms with Gasteiger partial charge in [0.25, 0.3) is 0 Å². The molecule has 0 N–H and O–H groups in total. The second-order valence-corrected chi connectivity index (χ2v) is 10.1. The molecule has 39 heavy (non-hydrogen) atoms. The van der Waals surface area contributed by atoms with Crippen LogP contribution in [0.2, 0.25) is 0 Å². The fraction of sp³-hybridized carbons (Fsp3) is 0.526. The molecule has 0 amide bonds. The van der Waals surface area contributed by atoms with Crippen LogP contribution >= 0.6 is 0 Å².